The summed E-state index contributed by atoms with van der Waals surface area (Å²) in [6.45, 7) is 2.98. The number of fused-ring (bicyclic) bond motifs is 1. The first kappa shape index (κ1) is 20.3. The number of para-hydroxylation sites is 1. The van der Waals surface area contributed by atoms with Gasteiger partial charge in [0.2, 0.25) is 0 Å². The van der Waals surface area contributed by atoms with E-state index in [1.165, 1.54) is 37.7 Å². The van der Waals surface area contributed by atoms with Crippen LogP contribution in [0, 0.1) is 5.92 Å². The minimum Gasteiger partial charge on any atom is -0.299 e. The fraction of sp³-hybridized carbons (Fsp3) is 0.462. The van der Waals surface area contributed by atoms with Gasteiger partial charge in [0, 0.05) is 37.2 Å². The van der Waals surface area contributed by atoms with Gasteiger partial charge in [-0.25, -0.2) is 10.2 Å². The third-order valence-electron chi connectivity index (χ3n) is 7.09. The van der Waals surface area contributed by atoms with E-state index in [0.29, 0.717) is 5.92 Å². The van der Waals surface area contributed by atoms with E-state index in [0.717, 1.165) is 49.4 Å². The van der Waals surface area contributed by atoms with E-state index in [2.05, 4.69) is 64.0 Å². The summed E-state index contributed by atoms with van der Waals surface area (Å²) >= 11 is 0. The van der Waals surface area contributed by atoms with Gasteiger partial charge in [-0.05, 0) is 37.3 Å². The summed E-state index contributed by atoms with van der Waals surface area (Å²) in [5, 5.41) is 4.65. The number of carbonyl (C=O) groups excluding carboxylic acids is 1. The van der Waals surface area contributed by atoms with Gasteiger partial charge < -0.3 is 0 Å². The van der Waals surface area contributed by atoms with Crippen molar-refractivity contribution in [2.45, 2.75) is 57.5 Å². The molecule has 3 aliphatic rings. The van der Waals surface area contributed by atoms with Crippen molar-refractivity contribution >= 4 is 17.4 Å². The molecule has 0 atom stereocenters. The van der Waals surface area contributed by atoms with E-state index >= 15 is 0 Å². The maximum Gasteiger partial charge on any atom is 0.342 e. The van der Waals surface area contributed by atoms with Gasteiger partial charge in [0.05, 0.1) is 11.4 Å². The highest BCUT2D eigenvalue weighted by Gasteiger charge is 2.34. The Balaban J connectivity index is 1.34. The third kappa shape index (κ3) is 4.38. The summed E-state index contributed by atoms with van der Waals surface area (Å²) in [5.74, 6) is 0.447. The van der Waals surface area contributed by atoms with Gasteiger partial charge in [-0.2, -0.15) is 5.10 Å². The standard InChI is InChI=1S/C26H32N4O/c31-26-28-27-25(21-11-5-2-6-12-21)23-13-7-8-14-24(23)30(26)22-15-17-29(18-16-22)19-20-9-3-1-4-10-20/h1,3-4,7-10,13-14,21-22H,2,5-6,11-12,15-19H2,(H,28,31). The Morgan fingerprint density at radius 3 is 2.35 bits per heavy atom. The summed E-state index contributed by atoms with van der Waals surface area (Å²) < 4.78 is 0. The lowest BCUT2D eigenvalue weighted by Gasteiger charge is -2.38. The first-order chi connectivity index (χ1) is 15.3. The number of rotatable bonds is 4. The van der Waals surface area contributed by atoms with E-state index in [1.807, 2.05) is 11.0 Å². The molecule has 2 fully saturated rings. The molecular formula is C26H32N4O. The molecule has 2 aromatic rings. The van der Waals surface area contributed by atoms with Crippen LogP contribution in [0.15, 0.2) is 59.7 Å². The summed E-state index contributed by atoms with van der Waals surface area (Å²) in [5.41, 5.74) is 7.50. The van der Waals surface area contributed by atoms with E-state index in [4.69, 9.17) is 0 Å². The van der Waals surface area contributed by atoms with Gasteiger partial charge in [0.1, 0.15) is 0 Å². The number of piperidine rings is 1. The summed E-state index contributed by atoms with van der Waals surface area (Å²) in [4.78, 5) is 17.7. The normalized spacial score (nSPS) is 21.2. The Kier molecular flexibility index (Phi) is 6.03. The van der Waals surface area contributed by atoms with Gasteiger partial charge in [-0.15, -0.1) is 0 Å². The number of carbonyl (C=O) groups is 1. The lowest BCUT2D eigenvalue weighted by atomic mass is 9.82. The monoisotopic (exact) mass is 416 g/mol. The van der Waals surface area contributed by atoms with Crippen molar-refractivity contribution in [2.75, 3.05) is 18.0 Å². The molecule has 2 aromatic carbocycles. The van der Waals surface area contributed by atoms with Gasteiger partial charge in [0.25, 0.3) is 0 Å². The Labute approximate surface area is 185 Å². The first-order valence-electron chi connectivity index (χ1n) is 11.8. The summed E-state index contributed by atoms with van der Waals surface area (Å²) in [6, 6.07) is 19.2. The van der Waals surface area contributed by atoms with Crippen LogP contribution in [-0.4, -0.2) is 35.8 Å². The molecule has 5 heteroatoms. The van der Waals surface area contributed by atoms with E-state index in [-0.39, 0.29) is 12.1 Å². The van der Waals surface area contributed by atoms with Crippen LogP contribution >= 0.6 is 0 Å². The molecular weight excluding hydrogens is 384 g/mol. The van der Waals surface area contributed by atoms with Gasteiger partial charge in [-0.3, -0.25) is 9.80 Å². The number of hydrogen-bond acceptors (Lipinski definition) is 3. The number of nitrogens with zero attached hydrogens (tertiary/aromatic N) is 3. The minimum absolute atomic E-state index is 0.0835. The van der Waals surface area contributed by atoms with Crippen LogP contribution in [0.1, 0.15) is 56.1 Å². The molecule has 1 saturated heterocycles. The van der Waals surface area contributed by atoms with Crippen LogP contribution in [-0.2, 0) is 6.54 Å². The number of anilines is 1. The second-order valence-corrected chi connectivity index (χ2v) is 9.13. The predicted molar refractivity (Wildman–Crippen MR) is 125 cm³/mol. The number of likely N-dealkylation sites (tertiary alicyclic amines) is 1. The number of urea groups is 1. The summed E-state index contributed by atoms with van der Waals surface area (Å²) in [6.07, 6.45) is 8.11. The second kappa shape index (κ2) is 9.23. The molecule has 0 radical (unpaired) electrons. The largest absolute Gasteiger partial charge is 0.342 e. The van der Waals surface area contributed by atoms with Crippen LogP contribution in [0.25, 0.3) is 0 Å². The lowest BCUT2D eigenvalue weighted by Crippen LogP contribution is -2.49. The Morgan fingerprint density at radius 1 is 0.871 bits per heavy atom. The number of benzene rings is 2. The fourth-order valence-electron chi connectivity index (χ4n) is 5.46. The lowest BCUT2D eigenvalue weighted by molar-refractivity contribution is 0.197. The van der Waals surface area contributed by atoms with Gasteiger partial charge in [0.15, 0.2) is 0 Å². The van der Waals surface area contributed by atoms with Crippen LogP contribution in [0.5, 0.6) is 0 Å². The van der Waals surface area contributed by atoms with Crippen LogP contribution in [0.4, 0.5) is 10.5 Å². The zero-order chi connectivity index (χ0) is 21.0. The topological polar surface area (TPSA) is 47.9 Å². The average Bonchev–Trinajstić information content (AvgIpc) is 2.97. The Hall–Kier alpha value is -2.66. The van der Waals surface area contributed by atoms with Crippen molar-refractivity contribution in [3.05, 3.63) is 65.7 Å². The highest BCUT2D eigenvalue weighted by Crippen LogP contribution is 2.34. The highest BCUT2D eigenvalue weighted by molar-refractivity contribution is 6.11. The smallest absolute Gasteiger partial charge is 0.299 e. The van der Waals surface area contributed by atoms with Crippen LogP contribution in [0.3, 0.4) is 0 Å². The van der Waals surface area contributed by atoms with Crippen molar-refractivity contribution in [3.8, 4) is 0 Å². The van der Waals surface area contributed by atoms with Crippen LogP contribution < -0.4 is 10.3 Å². The number of amides is 2. The summed E-state index contributed by atoms with van der Waals surface area (Å²) in [7, 11) is 0. The molecule has 5 rings (SSSR count). The maximum absolute atomic E-state index is 13.2. The average molecular weight is 417 g/mol. The molecule has 2 aliphatic heterocycles. The maximum atomic E-state index is 13.2. The number of hydrogen-bond donors (Lipinski definition) is 1. The van der Waals surface area contributed by atoms with Gasteiger partial charge in [-0.1, -0.05) is 67.8 Å². The number of hydrazone groups is 1. The molecule has 2 heterocycles. The quantitative estimate of drug-likeness (QED) is 0.748. The number of nitrogens with one attached hydrogen (secondary N) is 1. The third-order valence-corrected chi connectivity index (χ3v) is 7.09. The SMILES string of the molecule is O=C1NN=C(C2CCCCC2)c2ccccc2N1C1CCN(Cc2ccccc2)CC1. The predicted octanol–water partition coefficient (Wildman–Crippen LogP) is 5.17. The molecule has 5 nitrogen and oxygen atoms in total. The Morgan fingerprint density at radius 2 is 1.58 bits per heavy atom. The zero-order valence-electron chi connectivity index (χ0n) is 18.2. The second-order valence-electron chi connectivity index (χ2n) is 9.13. The molecule has 2 amide bonds. The van der Waals surface area contributed by atoms with E-state index in [9.17, 15) is 4.79 Å². The van der Waals surface area contributed by atoms with Crippen molar-refractivity contribution < 1.29 is 4.79 Å². The molecule has 0 bridgehead atoms. The Bertz CT molecular complexity index is 927. The molecule has 162 valence electrons. The molecule has 1 saturated carbocycles. The van der Waals surface area contributed by atoms with Gasteiger partial charge >= 0.3 is 6.03 Å². The van der Waals surface area contributed by atoms with E-state index < -0.39 is 0 Å². The molecule has 0 spiro atoms. The highest BCUT2D eigenvalue weighted by atomic mass is 16.2. The zero-order valence-corrected chi connectivity index (χ0v) is 18.2. The molecule has 31 heavy (non-hydrogen) atoms. The van der Waals surface area contributed by atoms with Crippen molar-refractivity contribution in [3.63, 3.8) is 0 Å². The fourth-order valence-corrected chi connectivity index (χ4v) is 5.46. The van der Waals surface area contributed by atoms with E-state index in [1.54, 1.807) is 0 Å². The molecule has 1 aliphatic carbocycles. The minimum atomic E-state index is -0.0835. The van der Waals surface area contributed by atoms with Crippen LogP contribution in [0.2, 0.25) is 0 Å². The first-order valence-corrected chi connectivity index (χ1v) is 11.8. The van der Waals surface area contributed by atoms with Crippen molar-refractivity contribution in [1.82, 2.24) is 10.3 Å². The van der Waals surface area contributed by atoms with Crippen molar-refractivity contribution in [2.24, 2.45) is 11.0 Å². The molecule has 0 unspecified atom stereocenters. The molecule has 0 aromatic heterocycles. The molecule has 1 N–H and O–H groups in total. The van der Waals surface area contributed by atoms with Crippen molar-refractivity contribution in [1.29, 1.82) is 0 Å².